The number of nitriles is 1. The lowest BCUT2D eigenvalue weighted by Crippen LogP contribution is -2.55. The summed E-state index contributed by atoms with van der Waals surface area (Å²) in [7, 11) is 3.99. The number of ether oxygens (including phenoxy) is 1. The van der Waals surface area contributed by atoms with Crippen molar-refractivity contribution in [2.24, 2.45) is 0 Å². The topological polar surface area (TPSA) is 88.8 Å². The molecule has 12 heteroatoms. The van der Waals surface area contributed by atoms with Crippen molar-refractivity contribution in [1.82, 2.24) is 19.8 Å². The summed E-state index contributed by atoms with van der Waals surface area (Å²) in [6, 6.07) is 7.84. The third-order valence-corrected chi connectivity index (χ3v) is 8.24. The van der Waals surface area contributed by atoms with Crippen LogP contribution in [-0.2, 0) is 23.9 Å². The third kappa shape index (κ3) is 5.81. The minimum Gasteiger partial charge on any atom is -0.458 e. The molecule has 0 N–H and O–H groups in total. The predicted molar refractivity (Wildman–Crippen MR) is 147 cm³/mol. The quantitative estimate of drug-likeness (QED) is 0.467. The van der Waals surface area contributed by atoms with Crippen molar-refractivity contribution in [3.05, 3.63) is 53.7 Å². The number of carbonyl (C=O) groups is 1. The molecule has 2 aliphatic heterocycles. The summed E-state index contributed by atoms with van der Waals surface area (Å²) >= 11 is 0. The van der Waals surface area contributed by atoms with Crippen molar-refractivity contribution in [1.29, 1.82) is 5.26 Å². The van der Waals surface area contributed by atoms with Gasteiger partial charge in [-0.3, -0.25) is 4.79 Å². The first-order chi connectivity index (χ1) is 19.6. The largest absolute Gasteiger partial charge is 0.458 e. The number of anilines is 2. The maximum atomic E-state index is 13.8. The molecule has 2 unspecified atom stereocenters. The first-order valence-electron chi connectivity index (χ1n) is 13.8. The second-order valence-corrected chi connectivity index (χ2v) is 10.9. The van der Waals surface area contributed by atoms with E-state index in [2.05, 4.69) is 17.5 Å². The van der Waals surface area contributed by atoms with E-state index < -0.39 is 11.7 Å². The van der Waals surface area contributed by atoms with Gasteiger partial charge >= 0.3 is 12.2 Å². The van der Waals surface area contributed by atoms with Crippen molar-refractivity contribution < 1.29 is 22.7 Å². The van der Waals surface area contributed by atoms with Crippen LogP contribution in [0.5, 0.6) is 6.01 Å². The number of likely N-dealkylation sites (N-methyl/N-ethyl adjacent to an activating group) is 1. The molecule has 0 spiro atoms. The zero-order valence-corrected chi connectivity index (χ0v) is 23.3. The Kier molecular flexibility index (Phi) is 8.09. The van der Waals surface area contributed by atoms with E-state index in [4.69, 9.17) is 14.7 Å². The van der Waals surface area contributed by atoms with E-state index in [-0.39, 0.29) is 48.8 Å². The van der Waals surface area contributed by atoms with Gasteiger partial charge in [-0.25, -0.2) is 0 Å². The summed E-state index contributed by atoms with van der Waals surface area (Å²) in [5.41, 5.74) is 0.913. The summed E-state index contributed by atoms with van der Waals surface area (Å²) < 4.78 is 47.8. The van der Waals surface area contributed by atoms with Crippen molar-refractivity contribution >= 4 is 17.4 Å². The first-order valence-corrected chi connectivity index (χ1v) is 13.8. The molecule has 3 aliphatic rings. The SMILES string of the molecule is C=CC(=O)N1CCN(c2nc(OC3CCC3N(C)C)nc3c2CCN(c2ccccc2C(F)(F)F)C3)C[C@@H]1CC#N. The Morgan fingerprint density at radius 3 is 2.63 bits per heavy atom. The van der Waals surface area contributed by atoms with Gasteiger partial charge in [0.1, 0.15) is 11.9 Å². The minimum atomic E-state index is -4.48. The molecule has 3 atom stereocenters. The van der Waals surface area contributed by atoms with Crippen molar-refractivity contribution in [3.63, 3.8) is 0 Å². The molecule has 2 aromatic rings. The van der Waals surface area contributed by atoms with Crippen LogP contribution in [0.4, 0.5) is 24.7 Å². The molecule has 5 rings (SSSR count). The van der Waals surface area contributed by atoms with E-state index in [0.717, 1.165) is 24.5 Å². The van der Waals surface area contributed by atoms with E-state index in [1.165, 1.54) is 18.2 Å². The lowest BCUT2D eigenvalue weighted by molar-refractivity contribution is -0.137. The lowest BCUT2D eigenvalue weighted by atomic mass is 9.88. The zero-order valence-electron chi connectivity index (χ0n) is 23.3. The second kappa shape index (κ2) is 11.6. The molecule has 1 aromatic carbocycles. The summed E-state index contributed by atoms with van der Waals surface area (Å²) in [5, 5.41) is 9.44. The summed E-state index contributed by atoms with van der Waals surface area (Å²) in [5.74, 6) is 0.431. The lowest BCUT2D eigenvalue weighted by Gasteiger charge is -2.43. The molecular formula is C29H34F3N7O2. The average Bonchev–Trinajstić information content (AvgIpc) is 2.93. The van der Waals surface area contributed by atoms with Gasteiger partial charge in [-0.1, -0.05) is 18.7 Å². The second-order valence-electron chi connectivity index (χ2n) is 10.9. The van der Waals surface area contributed by atoms with Crippen LogP contribution in [-0.4, -0.2) is 84.1 Å². The third-order valence-electron chi connectivity index (χ3n) is 8.24. The van der Waals surface area contributed by atoms with Crippen LogP contribution in [0.15, 0.2) is 36.9 Å². The smallest absolute Gasteiger partial charge is 0.418 e. The van der Waals surface area contributed by atoms with Crippen LogP contribution < -0.4 is 14.5 Å². The van der Waals surface area contributed by atoms with Crippen LogP contribution in [0.1, 0.15) is 36.1 Å². The maximum Gasteiger partial charge on any atom is 0.418 e. The highest BCUT2D eigenvalue weighted by atomic mass is 19.4. The Bertz CT molecular complexity index is 1340. The number of fused-ring (bicyclic) bond motifs is 1. The number of nitrogens with zero attached hydrogens (tertiary/aromatic N) is 7. The number of rotatable bonds is 7. The minimum absolute atomic E-state index is 0.0880. The van der Waals surface area contributed by atoms with E-state index >= 15 is 0 Å². The molecule has 2 fully saturated rings. The molecule has 0 bridgehead atoms. The normalized spacial score (nSPS) is 22.6. The predicted octanol–water partition coefficient (Wildman–Crippen LogP) is 3.65. The Morgan fingerprint density at radius 2 is 1.98 bits per heavy atom. The van der Waals surface area contributed by atoms with E-state index in [0.29, 0.717) is 44.1 Å². The number of carbonyl (C=O) groups excluding carboxylic acids is 1. The fourth-order valence-electron chi connectivity index (χ4n) is 5.95. The number of aromatic nitrogens is 2. The molecule has 218 valence electrons. The van der Waals surface area contributed by atoms with Gasteiger partial charge in [0.25, 0.3) is 0 Å². The Labute approximate surface area is 237 Å². The van der Waals surface area contributed by atoms with Crippen LogP contribution in [0.2, 0.25) is 0 Å². The molecule has 9 nitrogen and oxygen atoms in total. The van der Waals surface area contributed by atoms with Crippen molar-refractivity contribution in [3.8, 4) is 12.1 Å². The van der Waals surface area contributed by atoms with Crippen molar-refractivity contribution in [2.45, 2.75) is 56.6 Å². The van der Waals surface area contributed by atoms with Gasteiger partial charge in [0.05, 0.1) is 36.3 Å². The molecule has 1 amide bonds. The first kappa shape index (κ1) is 28.7. The number of amides is 1. The number of alkyl halides is 3. The van der Waals surface area contributed by atoms with Gasteiger partial charge in [0, 0.05) is 43.5 Å². The molecule has 1 saturated heterocycles. The van der Waals surface area contributed by atoms with Gasteiger partial charge in [0.2, 0.25) is 5.91 Å². The fourth-order valence-corrected chi connectivity index (χ4v) is 5.95. The highest BCUT2D eigenvalue weighted by Gasteiger charge is 2.38. The summed E-state index contributed by atoms with van der Waals surface area (Å²) in [6.45, 7) is 5.38. The molecule has 0 radical (unpaired) electrons. The Balaban J connectivity index is 1.50. The number of hydrogen-bond acceptors (Lipinski definition) is 8. The van der Waals surface area contributed by atoms with Crippen LogP contribution in [0.3, 0.4) is 0 Å². The average molecular weight is 570 g/mol. The standard InChI is InChI=1S/C29H34F3N7O2/c1-4-26(40)39-16-15-38(17-19(39)11-13-33)27-20-12-14-37(23-8-6-5-7-21(23)29(30,31)32)18-22(20)34-28(35-27)41-25-10-9-24(25)36(2)3/h4-8,19,24-25H,1,9-12,14-18H2,2-3H3/t19-,24?,25?/m0/s1. The molecular weight excluding hydrogens is 535 g/mol. The Morgan fingerprint density at radius 1 is 1.20 bits per heavy atom. The maximum absolute atomic E-state index is 13.8. The number of hydrogen-bond donors (Lipinski definition) is 0. The summed E-state index contributed by atoms with van der Waals surface area (Å²) in [6.07, 6.45) is -0.869. The number of halogens is 3. The van der Waals surface area contributed by atoms with Crippen LogP contribution in [0, 0.1) is 11.3 Å². The van der Waals surface area contributed by atoms with Crippen molar-refractivity contribution in [2.75, 3.05) is 50.1 Å². The van der Waals surface area contributed by atoms with E-state index in [1.54, 1.807) is 15.9 Å². The molecule has 3 heterocycles. The van der Waals surface area contributed by atoms with Gasteiger partial charge in [-0.05, 0) is 51.6 Å². The van der Waals surface area contributed by atoms with Gasteiger partial charge in [-0.2, -0.15) is 28.4 Å². The van der Waals surface area contributed by atoms with Gasteiger partial charge in [0.15, 0.2) is 0 Å². The highest BCUT2D eigenvalue weighted by molar-refractivity contribution is 5.87. The Hall–Kier alpha value is -3.85. The number of para-hydroxylation sites is 1. The van der Waals surface area contributed by atoms with E-state index in [1.807, 2.05) is 19.0 Å². The number of piperazine rings is 1. The zero-order chi connectivity index (χ0) is 29.3. The number of benzene rings is 1. The molecule has 1 aromatic heterocycles. The highest BCUT2D eigenvalue weighted by Crippen LogP contribution is 2.39. The van der Waals surface area contributed by atoms with Crippen LogP contribution in [0.25, 0.3) is 0 Å². The fraction of sp³-hybridized carbons (Fsp3) is 0.517. The van der Waals surface area contributed by atoms with Gasteiger partial charge in [-0.15, -0.1) is 0 Å². The van der Waals surface area contributed by atoms with E-state index in [9.17, 15) is 23.2 Å². The monoisotopic (exact) mass is 569 g/mol. The van der Waals surface area contributed by atoms with Crippen LogP contribution >= 0.6 is 0 Å². The summed E-state index contributed by atoms with van der Waals surface area (Å²) in [4.78, 5) is 29.5. The molecule has 1 aliphatic carbocycles. The van der Waals surface area contributed by atoms with Gasteiger partial charge < -0.3 is 24.3 Å². The molecule has 41 heavy (non-hydrogen) atoms. The molecule has 1 saturated carbocycles.